The molecule has 0 aromatic carbocycles. The van der Waals surface area contributed by atoms with Gasteiger partial charge in [-0.1, -0.05) is 117 Å². The summed E-state index contributed by atoms with van der Waals surface area (Å²) in [6.45, 7) is 6.06. The fourth-order valence-corrected chi connectivity index (χ4v) is 5.45. The van der Waals surface area contributed by atoms with Crippen molar-refractivity contribution in [2.24, 2.45) is 0 Å². The molecule has 0 heterocycles. The molecule has 52 heavy (non-hydrogen) atoms. The highest BCUT2D eigenvalue weighted by Gasteiger charge is 2.28. The van der Waals surface area contributed by atoms with Gasteiger partial charge in [0.2, 0.25) is 6.10 Å². The highest BCUT2D eigenvalue weighted by atomic mass is 16.6. The molecule has 0 amide bonds. The number of carbonyl (C=O) groups is 5. The highest BCUT2D eigenvalue weighted by molar-refractivity contribution is 5.84. The van der Waals surface area contributed by atoms with Gasteiger partial charge in [-0.2, -0.15) is 0 Å². The number of unbranched alkanes of at least 4 members (excludes halogenated alkanes) is 18. The Kier molecular flexibility index (Phi) is 34.8. The standard InChI is InChI=1S/C41H75NO10/c1-5-7-9-11-15-21-27-37(43)48-31-23-17-13-19-25-33-50-40(46)35-36(52-39(45)29-30-42(3)4)41(47)51-34-26-20-14-18-24-32-49-38(44)28-22-16-12-10-8-6-2/h36H,5-35H2,1-4H3/t36-/m0/s1. The van der Waals surface area contributed by atoms with Gasteiger partial charge in [0, 0.05) is 19.4 Å². The Hall–Kier alpha value is -2.69. The minimum absolute atomic E-state index is 0.0819. The summed E-state index contributed by atoms with van der Waals surface area (Å²) >= 11 is 0. The van der Waals surface area contributed by atoms with Gasteiger partial charge >= 0.3 is 29.8 Å². The minimum Gasteiger partial charge on any atom is -0.466 e. The molecule has 304 valence electrons. The second-order valence-corrected chi connectivity index (χ2v) is 14.1. The topological polar surface area (TPSA) is 135 Å². The molecule has 0 fully saturated rings. The molecule has 0 aromatic heterocycles. The van der Waals surface area contributed by atoms with Gasteiger partial charge in [-0.05, 0) is 52.6 Å². The quantitative estimate of drug-likeness (QED) is 0.0343. The van der Waals surface area contributed by atoms with Crippen molar-refractivity contribution in [3.05, 3.63) is 0 Å². The van der Waals surface area contributed by atoms with E-state index in [-0.39, 0.29) is 31.6 Å². The van der Waals surface area contributed by atoms with E-state index in [1.54, 1.807) is 0 Å². The lowest BCUT2D eigenvalue weighted by atomic mass is 10.1. The molecule has 0 saturated carbocycles. The third-order valence-electron chi connectivity index (χ3n) is 8.73. The Balaban J connectivity index is 4.16. The molecule has 0 bridgehead atoms. The zero-order valence-corrected chi connectivity index (χ0v) is 33.5. The summed E-state index contributed by atoms with van der Waals surface area (Å²) in [6.07, 6.45) is 21.3. The second-order valence-electron chi connectivity index (χ2n) is 14.1. The third-order valence-corrected chi connectivity index (χ3v) is 8.73. The van der Waals surface area contributed by atoms with E-state index in [2.05, 4.69) is 13.8 Å². The summed E-state index contributed by atoms with van der Waals surface area (Å²) in [6, 6.07) is 0. The Morgan fingerprint density at radius 1 is 0.423 bits per heavy atom. The van der Waals surface area contributed by atoms with Crippen LogP contribution in [0.5, 0.6) is 0 Å². The lowest BCUT2D eigenvalue weighted by molar-refractivity contribution is -0.172. The van der Waals surface area contributed by atoms with Crippen LogP contribution < -0.4 is 0 Å². The van der Waals surface area contributed by atoms with Crippen LogP contribution in [0.3, 0.4) is 0 Å². The number of nitrogens with zero attached hydrogens (tertiary/aromatic N) is 1. The van der Waals surface area contributed by atoms with Gasteiger partial charge < -0.3 is 28.6 Å². The van der Waals surface area contributed by atoms with Gasteiger partial charge in [-0.3, -0.25) is 19.2 Å². The molecule has 0 aromatic rings. The molecule has 0 N–H and O–H groups in total. The fourth-order valence-electron chi connectivity index (χ4n) is 5.45. The molecule has 0 aliphatic heterocycles. The second kappa shape index (κ2) is 36.7. The van der Waals surface area contributed by atoms with Crippen LogP contribution >= 0.6 is 0 Å². The number of ether oxygens (including phenoxy) is 5. The molecule has 11 nitrogen and oxygen atoms in total. The van der Waals surface area contributed by atoms with Gasteiger partial charge in [-0.25, -0.2) is 4.79 Å². The minimum atomic E-state index is -1.35. The number of rotatable bonds is 37. The molecule has 0 aliphatic rings. The predicted octanol–water partition coefficient (Wildman–Crippen LogP) is 8.82. The summed E-state index contributed by atoms with van der Waals surface area (Å²) in [4.78, 5) is 63.2. The first-order valence-corrected chi connectivity index (χ1v) is 20.7. The van der Waals surface area contributed by atoms with Gasteiger partial charge in [0.1, 0.15) is 0 Å². The third kappa shape index (κ3) is 34.4. The Bertz CT molecular complexity index is 910. The Morgan fingerprint density at radius 3 is 1.21 bits per heavy atom. The van der Waals surface area contributed by atoms with Gasteiger partial charge in [-0.15, -0.1) is 0 Å². The molecule has 1 atom stereocenters. The van der Waals surface area contributed by atoms with E-state index < -0.39 is 30.4 Å². The zero-order valence-electron chi connectivity index (χ0n) is 33.5. The first kappa shape index (κ1) is 49.3. The Labute approximate surface area is 315 Å². The normalized spacial score (nSPS) is 11.6. The van der Waals surface area contributed by atoms with Crippen LogP contribution in [0.2, 0.25) is 0 Å². The smallest absolute Gasteiger partial charge is 0.348 e. The molecule has 0 rings (SSSR count). The number of carbonyl (C=O) groups excluding carboxylic acids is 5. The molecular formula is C41H75NO10. The zero-order chi connectivity index (χ0) is 38.5. The molecule has 0 unspecified atom stereocenters. The summed E-state index contributed by atoms with van der Waals surface area (Å²) < 4.78 is 26.7. The maximum absolute atomic E-state index is 12.8. The highest BCUT2D eigenvalue weighted by Crippen LogP contribution is 2.12. The van der Waals surface area contributed by atoms with Gasteiger partial charge in [0.15, 0.2) is 0 Å². The van der Waals surface area contributed by atoms with Crippen LogP contribution in [0, 0.1) is 0 Å². The van der Waals surface area contributed by atoms with Crippen molar-refractivity contribution in [1.29, 1.82) is 0 Å². The van der Waals surface area contributed by atoms with Crippen LogP contribution in [0.1, 0.15) is 181 Å². The van der Waals surface area contributed by atoms with E-state index in [0.717, 1.165) is 77.0 Å². The van der Waals surface area contributed by atoms with Crippen LogP contribution in [0.15, 0.2) is 0 Å². The Morgan fingerprint density at radius 2 is 0.788 bits per heavy atom. The lowest BCUT2D eigenvalue weighted by Crippen LogP contribution is -2.33. The van der Waals surface area contributed by atoms with Crippen molar-refractivity contribution in [3.8, 4) is 0 Å². The van der Waals surface area contributed by atoms with Crippen molar-refractivity contribution in [1.82, 2.24) is 4.90 Å². The van der Waals surface area contributed by atoms with E-state index >= 15 is 0 Å². The van der Waals surface area contributed by atoms with Crippen LogP contribution in [0.4, 0.5) is 0 Å². The monoisotopic (exact) mass is 742 g/mol. The molecule has 0 aliphatic carbocycles. The van der Waals surface area contributed by atoms with E-state index in [1.807, 2.05) is 19.0 Å². The van der Waals surface area contributed by atoms with Gasteiger partial charge in [0.05, 0.1) is 39.3 Å². The summed E-state index contributed by atoms with van der Waals surface area (Å²) in [7, 11) is 3.65. The summed E-state index contributed by atoms with van der Waals surface area (Å²) in [5.74, 6) is -2.18. The predicted molar refractivity (Wildman–Crippen MR) is 204 cm³/mol. The van der Waals surface area contributed by atoms with Gasteiger partial charge in [0.25, 0.3) is 0 Å². The van der Waals surface area contributed by atoms with Crippen LogP contribution in [0.25, 0.3) is 0 Å². The maximum atomic E-state index is 12.8. The SMILES string of the molecule is CCCCCCCCC(=O)OCCCCCCCOC(=O)C[C@H](OC(=O)CCN(C)C)C(=O)OCCCCCCCOC(=O)CCCCCCCC. The molecular weight excluding hydrogens is 666 g/mol. The van der Waals surface area contributed by atoms with E-state index in [9.17, 15) is 24.0 Å². The molecule has 0 spiro atoms. The van der Waals surface area contributed by atoms with E-state index in [1.165, 1.54) is 51.4 Å². The number of hydrogen-bond acceptors (Lipinski definition) is 11. The summed E-state index contributed by atoms with van der Waals surface area (Å²) in [5.41, 5.74) is 0. The molecule has 11 heteroatoms. The van der Waals surface area contributed by atoms with Crippen molar-refractivity contribution < 1.29 is 47.7 Å². The van der Waals surface area contributed by atoms with Crippen molar-refractivity contribution in [3.63, 3.8) is 0 Å². The molecule has 0 saturated heterocycles. The van der Waals surface area contributed by atoms with Crippen molar-refractivity contribution in [2.45, 2.75) is 187 Å². The first-order valence-electron chi connectivity index (χ1n) is 20.7. The lowest BCUT2D eigenvalue weighted by Gasteiger charge is -2.17. The maximum Gasteiger partial charge on any atom is 0.348 e. The van der Waals surface area contributed by atoms with E-state index in [4.69, 9.17) is 23.7 Å². The van der Waals surface area contributed by atoms with Crippen LogP contribution in [-0.2, 0) is 47.7 Å². The number of esters is 5. The average Bonchev–Trinajstić information content (AvgIpc) is 3.11. The summed E-state index contributed by atoms with van der Waals surface area (Å²) in [5, 5.41) is 0. The average molecular weight is 742 g/mol. The van der Waals surface area contributed by atoms with Crippen molar-refractivity contribution >= 4 is 29.8 Å². The van der Waals surface area contributed by atoms with E-state index in [0.29, 0.717) is 45.4 Å². The number of hydrogen-bond donors (Lipinski definition) is 0. The van der Waals surface area contributed by atoms with Crippen LogP contribution in [-0.4, -0.2) is 87.9 Å². The fraction of sp³-hybridized carbons (Fsp3) is 0.878. The molecule has 0 radical (unpaired) electrons. The van der Waals surface area contributed by atoms with Crippen molar-refractivity contribution in [2.75, 3.05) is 47.1 Å². The largest absolute Gasteiger partial charge is 0.466 e. The first-order chi connectivity index (χ1) is 25.2.